The number of fused-ring (bicyclic) bond motifs is 1. The summed E-state index contributed by atoms with van der Waals surface area (Å²) in [4.78, 5) is 12.6. The normalized spacial score (nSPS) is 18.9. The smallest absolute Gasteiger partial charge is 0.316 e. The van der Waals surface area contributed by atoms with E-state index in [-0.39, 0.29) is 5.97 Å². The average molecular weight is 376 g/mol. The highest BCUT2D eigenvalue weighted by atomic mass is 16.6. The molecule has 0 unspecified atom stereocenters. The Hall–Kier alpha value is -2.81. The molecule has 0 N–H and O–H groups in total. The Morgan fingerprint density at radius 1 is 1.07 bits per heavy atom. The number of hydrogen-bond donors (Lipinski definition) is 0. The summed E-state index contributed by atoms with van der Waals surface area (Å²) in [5.74, 6) is 1.13. The molecule has 0 spiro atoms. The van der Waals surface area contributed by atoms with E-state index in [0.717, 1.165) is 23.3 Å². The van der Waals surface area contributed by atoms with Crippen molar-refractivity contribution in [3.05, 3.63) is 83.8 Å². The summed E-state index contributed by atoms with van der Waals surface area (Å²) in [6.45, 7) is 7.70. The van der Waals surface area contributed by atoms with Crippen molar-refractivity contribution in [1.29, 1.82) is 0 Å². The molecule has 2 aromatic carbocycles. The topological polar surface area (TPSA) is 35.5 Å². The van der Waals surface area contributed by atoms with Gasteiger partial charge in [0, 0.05) is 5.56 Å². The van der Waals surface area contributed by atoms with E-state index in [1.807, 2.05) is 57.2 Å². The molecule has 1 aliphatic heterocycles. The van der Waals surface area contributed by atoms with Gasteiger partial charge >= 0.3 is 5.97 Å². The Morgan fingerprint density at radius 3 is 2.43 bits per heavy atom. The minimum atomic E-state index is -0.586. The molecular formula is C25H28O3. The minimum absolute atomic E-state index is 0.258. The van der Waals surface area contributed by atoms with Crippen LogP contribution in [0, 0.1) is 5.41 Å². The molecule has 3 nitrogen and oxygen atoms in total. The fourth-order valence-electron chi connectivity index (χ4n) is 3.38. The molecule has 3 rings (SSSR count). The molecule has 0 fully saturated rings. The van der Waals surface area contributed by atoms with Gasteiger partial charge in [-0.15, -0.1) is 0 Å². The van der Waals surface area contributed by atoms with E-state index < -0.39 is 10.8 Å². The van der Waals surface area contributed by atoms with Gasteiger partial charge in [-0.1, -0.05) is 67.6 Å². The molecule has 1 atom stereocenters. The van der Waals surface area contributed by atoms with E-state index in [4.69, 9.17) is 9.47 Å². The van der Waals surface area contributed by atoms with E-state index in [1.54, 1.807) is 6.26 Å². The monoisotopic (exact) mass is 376 g/mol. The second kappa shape index (κ2) is 8.05. The third-order valence-corrected chi connectivity index (χ3v) is 5.16. The third kappa shape index (κ3) is 4.04. The maximum atomic E-state index is 12.6. The Morgan fingerprint density at radius 2 is 1.75 bits per heavy atom. The summed E-state index contributed by atoms with van der Waals surface area (Å²) in [6.07, 6.45) is 7.36. The molecular weight excluding hydrogens is 348 g/mol. The zero-order valence-corrected chi connectivity index (χ0v) is 17.1. The van der Waals surface area contributed by atoms with Crippen molar-refractivity contribution in [2.45, 2.75) is 46.0 Å². The summed E-state index contributed by atoms with van der Waals surface area (Å²) >= 11 is 0. The number of ether oxygens (including phenoxy) is 2. The predicted molar refractivity (Wildman–Crippen MR) is 113 cm³/mol. The largest absolute Gasteiger partial charge is 0.461 e. The van der Waals surface area contributed by atoms with Crippen LogP contribution in [0.3, 0.4) is 0 Å². The second-order valence-electron chi connectivity index (χ2n) is 8.19. The van der Waals surface area contributed by atoms with Crippen molar-refractivity contribution in [2.75, 3.05) is 0 Å². The Kier molecular flexibility index (Phi) is 5.73. The van der Waals surface area contributed by atoms with Crippen LogP contribution in [0.1, 0.15) is 51.7 Å². The Balaban J connectivity index is 1.97. The quantitative estimate of drug-likeness (QED) is 0.578. The van der Waals surface area contributed by atoms with Crippen LogP contribution in [-0.4, -0.2) is 5.97 Å². The highest BCUT2D eigenvalue weighted by Crippen LogP contribution is 2.47. The van der Waals surface area contributed by atoms with Crippen LogP contribution < -0.4 is 4.74 Å². The zero-order chi connectivity index (χ0) is 20.2. The number of carbonyl (C=O) groups excluding carboxylic acids is 1. The van der Waals surface area contributed by atoms with Crippen LogP contribution in [0.4, 0.5) is 0 Å². The summed E-state index contributed by atoms with van der Waals surface area (Å²) in [5.41, 5.74) is 1.17. The van der Waals surface area contributed by atoms with E-state index in [1.165, 1.54) is 0 Å². The summed E-state index contributed by atoms with van der Waals surface area (Å²) in [6, 6.07) is 18.2. The molecule has 1 aliphatic rings. The van der Waals surface area contributed by atoms with Gasteiger partial charge in [0.2, 0.25) is 0 Å². The second-order valence-corrected chi connectivity index (χ2v) is 8.19. The van der Waals surface area contributed by atoms with Gasteiger partial charge in [-0.25, -0.2) is 0 Å². The molecule has 2 aromatic rings. The molecule has 1 heterocycles. The maximum absolute atomic E-state index is 12.6. The van der Waals surface area contributed by atoms with Crippen LogP contribution in [-0.2, 0) is 14.9 Å². The van der Waals surface area contributed by atoms with Gasteiger partial charge in [0.15, 0.2) is 5.76 Å². The lowest BCUT2D eigenvalue weighted by Crippen LogP contribution is -2.35. The number of para-hydroxylation sites is 1. The van der Waals surface area contributed by atoms with Crippen LogP contribution in [0.2, 0.25) is 0 Å². The lowest BCUT2D eigenvalue weighted by Gasteiger charge is -2.38. The average Bonchev–Trinajstić information content (AvgIpc) is 2.69. The van der Waals surface area contributed by atoms with Gasteiger partial charge in [0.25, 0.3) is 0 Å². The summed E-state index contributed by atoms with van der Waals surface area (Å²) in [5, 5.41) is 0. The molecule has 146 valence electrons. The molecule has 28 heavy (non-hydrogen) atoms. The Bertz CT molecular complexity index is 888. The predicted octanol–water partition coefficient (Wildman–Crippen LogP) is 6.26. The summed E-state index contributed by atoms with van der Waals surface area (Å²) in [7, 11) is 0. The first-order chi connectivity index (χ1) is 13.4. The van der Waals surface area contributed by atoms with Crippen molar-refractivity contribution >= 4 is 12.0 Å². The standard InChI is InChI=1S/C25H28O3/c1-5-25(17-11-14-19-12-7-6-8-13-19)20-15-9-10-16-21(20)27-18-22(25)28-23(26)24(2,3)4/h6-16,18H,5,17H2,1-4H3/b14-11+/t25-/m0/s1. The molecule has 0 bridgehead atoms. The van der Waals surface area contributed by atoms with Crippen molar-refractivity contribution in [3.63, 3.8) is 0 Å². The molecule has 0 aliphatic carbocycles. The van der Waals surface area contributed by atoms with Crippen LogP contribution >= 0.6 is 0 Å². The fourth-order valence-corrected chi connectivity index (χ4v) is 3.38. The van der Waals surface area contributed by atoms with Gasteiger partial charge in [0.1, 0.15) is 12.0 Å². The molecule has 0 saturated carbocycles. The molecule has 0 aromatic heterocycles. The van der Waals surface area contributed by atoms with Gasteiger partial charge in [-0.05, 0) is 45.2 Å². The lowest BCUT2D eigenvalue weighted by molar-refractivity contribution is -0.150. The fraction of sp³-hybridized carbons (Fsp3) is 0.320. The van der Waals surface area contributed by atoms with E-state index in [0.29, 0.717) is 12.2 Å². The number of allylic oxidation sites excluding steroid dienone is 2. The number of carbonyl (C=O) groups is 1. The SMILES string of the molecule is CC[C@@]1(C/C=C/c2ccccc2)C(OC(=O)C(C)(C)C)=COc2ccccc21. The van der Waals surface area contributed by atoms with Crippen molar-refractivity contribution in [2.24, 2.45) is 5.41 Å². The highest BCUT2D eigenvalue weighted by Gasteiger charge is 2.42. The third-order valence-electron chi connectivity index (χ3n) is 5.16. The molecule has 0 amide bonds. The van der Waals surface area contributed by atoms with Crippen LogP contribution in [0.5, 0.6) is 5.75 Å². The number of rotatable bonds is 5. The number of benzene rings is 2. The number of esters is 1. The first-order valence-corrected chi connectivity index (χ1v) is 9.77. The molecule has 0 saturated heterocycles. The van der Waals surface area contributed by atoms with E-state index >= 15 is 0 Å². The van der Waals surface area contributed by atoms with Crippen molar-refractivity contribution in [1.82, 2.24) is 0 Å². The first-order valence-electron chi connectivity index (χ1n) is 9.77. The van der Waals surface area contributed by atoms with E-state index in [9.17, 15) is 4.79 Å². The van der Waals surface area contributed by atoms with Gasteiger partial charge in [-0.3, -0.25) is 4.79 Å². The zero-order valence-electron chi connectivity index (χ0n) is 17.1. The first kappa shape index (κ1) is 19.9. The van der Waals surface area contributed by atoms with Crippen LogP contribution in [0.25, 0.3) is 6.08 Å². The van der Waals surface area contributed by atoms with E-state index in [2.05, 4.69) is 37.3 Å². The molecule has 0 radical (unpaired) electrons. The van der Waals surface area contributed by atoms with Crippen molar-refractivity contribution < 1.29 is 14.3 Å². The van der Waals surface area contributed by atoms with Crippen molar-refractivity contribution in [3.8, 4) is 5.75 Å². The number of hydrogen-bond acceptors (Lipinski definition) is 3. The Labute approximate surface area is 167 Å². The van der Waals surface area contributed by atoms with Gasteiger partial charge in [-0.2, -0.15) is 0 Å². The highest BCUT2D eigenvalue weighted by molar-refractivity contribution is 5.77. The molecule has 3 heteroatoms. The van der Waals surface area contributed by atoms with Gasteiger partial charge in [0.05, 0.1) is 10.8 Å². The summed E-state index contributed by atoms with van der Waals surface area (Å²) < 4.78 is 11.7. The van der Waals surface area contributed by atoms with Gasteiger partial charge < -0.3 is 9.47 Å². The maximum Gasteiger partial charge on any atom is 0.316 e. The van der Waals surface area contributed by atoms with Crippen LogP contribution in [0.15, 0.2) is 72.7 Å². The minimum Gasteiger partial charge on any atom is -0.461 e. The lowest BCUT2D eigenvalue weighted by atomic mass is 9.72.